The molecule has 1 aromatic carbocycles. The number of nitrogens with one attached hydrogen (secondary N) is 2. The molecule has 1 aromatic rings. The van der Waals surface area contributed by atoms with Gasteiger partial charge in [0.05, 0.1) is 5.56 Å². The minimum absolute atomic E-state index is 0.288. The zero-order chi connectivity index (χ0) is 19.9. The Morgan fingerprint density at radius 2 is 1.52 bits per heavy atom. The van der Waals surface area contributed by atoms with E-state index in [1.54, 1.807) is 7.05 Å². The van der Waals surface area contributed by atoms with E-state index in [1.807, 2.05) is 27.7 Å². The van der Waals surface area contributed by atoms with Crippen molar-refractivity contribution in [3.63, 3.8) is 0 Å². The van der Waals surface area contributed by atoms with Gasteiger partial charge in [-0.2, -0.15) is 0 Å². The predicted octanol–water partition coefficient (Wildman–Crippen LogP) is 4.12. The number of carbonyl (C=O) groups is 2. The van der Waals surface area contributed by atoms with Crippen LogP contribution in [0.3, 0.4) is 0 Å². The van der Waals surface area contributed by atoms with Gasteiger partial charge in [-0.3, -0.25) is 4.79 Å². The fourth-order valence-electron chi connectivity index (χ4n) is 2.43. The van der Waals surface area contributed by atoms with E-state index in [2.05, 4.69) is 37.6 Å². The molecule has 3 N–H and O–H groups in total. The van der Waals surface area contributed by atoms with Gasteiger partial charge in [0.25, 0.3) is 0 Å². The Labute approximate surface area is 150 Å². The maximum Gasteiger partial charge on any atom is 0.336 e. The van der Waals surface area contributed by atoms with Crippen molar-refractivity contribution in [3.05, 3.63) is 52.2 Å². The highest BCUT2D eigenvalue weighted by Crippen LogP contribution is 2.32. The molecular weight excluding hydrogens is 316 g/mol. The van der Waals surface area contributed by atoms with Crippen LogP contribution in [0.4, 0.5) is 5.69 Å². The number of carbonyl (C=O) groups excluding carboxylic acids is 1. The lowest BCUT2D eigenvalue weighted by molar-refractivity contribution is -0.109. The molecule has 1 rings (SSSR count). The van der Waals surface area contributed by atoms with Gasteiger partial charge in [0.2, 0.25) is 6.41 Å². The molecule has 0 heterocycles. The van der Waals surface area contributed by atoms with E-state index in [9.17, 15) is 9.90 Å². The van der Waals surface area contributed by atoms with Crippen LogP contribution in [0.1, 0.15) is 46.5 Å². The minimum Gasteiger partial charge on any atom is -0.478 e. The quantitative estimate of drug-likeness (QED) is 0.535. The molecule has 1 amide bonds. The molecule has 5 heteroatoms. The summed E-state index contributed by atoms with van der Waals surface area (Å²) in [5.74, 6) is -0.611. The number of carboxylic acid groups (broad SMARTS) is 1. The van der Waals surface area contributed by atoms with Crippen molar-refractivity contribution in [2.24, 2.45) is 5.92 Å². The molecule has 0 radical (unpaired) electrons. The van der Waals surface area contributed by atoms with Gasteiger partial charge in [0.15, 0.2) is 0 Å². The van der Waals surface area contributed by atoms with E-state index in [4.69, 9.17) is 4.79 Å². The van der Waals surface area contributed by atoms with Gasteiger partial charge in [-0.05, 0) is 61.4 Å². The topological polar surface area (TPSA) is 78.4 Å². The third-order valence-corrected chi connectivity index (χ3v) is 4.32. The fraction of sp³-hybridized carbons (Fsp3) is 0.400. The third kappa shape index (κ3) is 5.48. The van der Waals surface area contributed by atoms with E-state index >= 15 is 0 Å². The lowest BCUT2D eigenvalue weighted by atomic mass is 9.91. The summed E-state index contributed by atoms with van der Waals surface area (Å²) in [7, 11) is 1.56. The number of carboxylic acids is 1. The molecule has 0 aliphatic heterocycles. The summed E-state index contributed by atoms with van der Waals surface area (Å²) in [6.07, 6.45) is 0.625. The summed E-state index contributed by atoms with van der Waals surface area (Å²) >= 11 is 0. The van der Waals surface area contributed by atoms with Gasteiger partial charge in [0, 0.05) is 18.4 Å². The van der Waals surface area contributed by atoms with Crippen LogP contribution >= 0.6 is 0 Å². The van der Waals surface area contributed by atoms with Gasteiger partial charge in [0.1, 0.15) is 0 Å². The summed E-state index contributed by atoms with van der Waals surface area (Å²) in [4.78, 5) is 20.6. The Bertz CT molecular complexity index is 689. The standard InChI is InChI=1S/C18H25NO2.C2H5NO/c1-9(2)10(3)15(8)19-17-13(6)11(4)12(5)16(14(17)7)18(20)21;1-3-2-4/h9,19H,3,8H2,1-2,4-7H3,(H,20,21);2H,1H3,(H,3,4). The number of allylic oxidation sites excluding steroid dienone is 1. The summed E-state index contributed by atoms with van der Waals surface area (Å²) in [5.41, 5.74) is 6.43. The highest BCUT2D eigenvalue weighted by atomic mass is 16.4. The molecule has 0 aliphatic carbocycles. The van der Waals surface area contributed by atoms with Gasteiger partial charge in [-0.15, -0.1) is 0 Å². The number of anilines is 1. The van der Waals surface area contributed by atoms with Crippen molar-refractivity contribution in [1.82, 2.24) is 5.32 Å². The van der Waals surface area contributed by atoms with Gasteiger partial charge in [-0.25, -0.2) is 4.79 Å². The lowest BCUT2D eigenvalue weighted by Gasteiger charge is -2.22. The van der Waals surface area contributed by atoms with Crippen LogP contribution in [0.15, 0.2) is 24.4 Å². The molecule has 5 nitrogen and oxygen atoms in total. The summed E-state index contributed by atoms with van der Waals surface area (Å²) < 4.78 is 0. The largest absolute Gasteiger partial charge is 0.478 e. The average Bonchev–Trinajstić information content (AvgIpc) is 2.55. The number of amides is 1. The Kier molecular flexibility index (Phi) is 8.68. The molecule has 0 aromatic heterocycles. The van der Waals surface area contributed by atoms with E-state index in [0.29, 0.717) is 12.0 Å². The first-order valence-electron chi connectivity index (χ1n) is 8.10. The first-order chi connectivity index (χ1) is 11.5. The molecule has 0 saturated heterocycles. The number of hydrogen-bond acceptors (Lipinski definition) is 3. The van der Waals surface area contributed by atoms with Gasteiger partial charge < -0.3 is 15.7 Å². The molecule has 0 saturated carbocycles. The molecule has 0 atom stereocenters. The summed E-state index contributed by atoms with van der Waals surface area (Å²) in [5, 5.41) is 15.0. The Hall–Kier alpha value is -2.56. The lowest BCUT2D eigenvalue weighted by Crippen LogP contribution is -2.13. The maximum atomic E-state index is 11.5. The second-order valence-corrected chi connectivity index (χ2v) is 6.25. The zero-order valence-corrected chi connectivity index (χ0v) is 16.3. The van der Waals surface area contributed by atoms with Crippen molar-refractivity contribution in [2.75, 3.05) is 12.4 Å². The zero-order valence-electron chi connectivity index (χ0n) is 16.3. The monoisotopic (exact) mass is 346 g/mol. The molecule has 0 unspecified atom stereocenters. The van der Waals surface area contributed by atoms with Gasteiger partial charge in [-0.1, -0.05) is 27.0 Å². The van der Waals surface area contributed by atoms with Crippen molar-refractivity contribution in [1.29, 1.82) is 0 Å². The second kappa shape index (κ2) is 9.67. The smallest absolute Gasteiger partial charge is 0.336 e. The van der Waals surface area contributed by atoms with Crippen molar-refractivity contribution in [2.45, 2.75) is 41.5 Å². The maximum absolute atomic E-state index is 11.5. The molecular formula is C20H30N2O3. The van der Waals surface area contributed by atoms with Crippen molar-refractivity contribution < 1.29 is 14.7 Å². The first-order valence-corrected chi connectivity index (χ1v) is 8.10. The molecule has 0 fully saturated rings. The third-order valence-electron chi connectivity index (χ3n) is 4.32. The number of rotatable bonds is 6. The first kappa shape index (κ1) is 22.4. The van der Waals surface area contributed by atoms with Crippen LogP contribution in [-0.4, -0.2) is 24.5 Å². The molecule has 0 aliphatic rings. The number of hydrogen-bond donors (Lipinski definition) is 3. The van der Waals surface area contributed by atoms with Gasteiger partial charge >= 0.3 is 5.97 Å². The van der Waals surface area contributed by atoms with E-state index in [0.717, 1.165) is 39.2 Å². The van der Waals surface area contributed by atoms with Crippen LogP contribution in [0, 0.1) is 33.6 Å². The molecule has 0 bridgehead atoms. The van der Waals surface area contributed by atoms with Crippen LogP contribution in [0.25, 0.3) is 0 Å². The van der Waals surface area contributed by atoms with Crippen LogP contribution in [0.5, 0.6) is 0 Å². The van der Waals surface area contributed by atoms with Crippen molar-refractivity contribution in [3.8, 4) is 0 Å². The highest BCUT2D eigenvalue weighted by Gasteiger charge is 2.20. The van der Waals surface area contributed by atoms with E-state index in [-0.39, 0.29) is 5.92 Å². The number of benzene rings is 1. The summed E-state index contributed by atoms with van der Waals surface area (Å²) in [6.45, 7) is 19.8. The number of aromatic carboxylic acids is 1. The molecule has 0 spiro atoms. The van der Waals surface area contributed by atoms with Crippen LogP contribution < -0.4 is 10.6 Å². The van der Waals surface area contributed by atoms with Crippen molar-refractivity contribution >= 4 is 18.1 Å². The molecule has 138 valence electrons. The highest BCUT2D eigenvalue weighted by molar-refractivity contribution is 5.94. The van der Waals surface area contributed by atoms with Crippen LogP contribution in [-0.2, 0) is 4.79 Å². The van der Waals surface area contributed by atoms with E-state index in [1.165, 1.54) is 0 Å². The Balaban J connectivity index is 0.00000129. The Morgan fingerprint density at radius 1 is 1.04 bits per heavy atom. The summed E-state index contributed by atoms with van der Waals surface area (Å²) in [6, 6.07) is 0. The Morgan fingerprint density at radius 3 is 1.88 bits per heavy atom. The predicted molar refractivity (Wildman–Crippen MR) is 104 cm³/mol. The SMILES string of the molecule is C=C(Nc1c(C)c(C)c(C)c(C(=O)O)c1C)C(=C)C(C)C.CNC=O. The van der Waals surface area contributed by atoms with Crippen LogP contribution in [0.2, 0.25) is 0 Å². The normalized spacial score (nSPS) is 9.76. The average molecular weight is 346 g/mol. The molecule has 25 heavy (non-hydrogen) atoms. The van der Waals surface area contributed by atoms with E-state index < -0.39 is 5.97 Å². The fourth-order valence-corrected chi connectivity index (χ4v) is 2.43. The second-order valence-electron chi connectivity index (χ2n) is 6.25. The minimum atomic E-state index is -0.899.